The molecule has 3 nitrogen and oxygen atoms in total. The predicted octanol–water partition coefficient (Wildman–Crippen LogP) is 3.71. The Labute approximate surface area is 111 Å². The van der Waals surface area contributed by atoms with Crippen LogP contribution in [0, 0.1) is 0 Å². The number of nitrogens with two attached hydrogens (primary N) is 1. The Morgan fingerprint density at radius 1 is 1.39 bits per heavy atom. The lowest BCUT2D eigenvalue weighted by molar-refractivity contribution is 0.101. The average Bonchev–Trinajstić information content (AvgIpc) is 2.85. The quantitative estimate of drug-likeness (QED) is 0.651. The van der Waals surface area contributed by atoms with E-state index in [1.807, 2.05) is 6.07 Å². The number of nitrogen functional groups attached to an aromatic ring is 1. The Bertz CT molecular complexity index is 549. The first-order valence-electron chi connectivity index (χ1n) is 5.77. The van der Waals surface area contributed by atoms with Crippen molar-refractivity contribution in [3.05, 3.63) is 46.2 Å². The lowest BCUT2D eigenvalue weighted by atomic mass is 10.1. The third-order valence-corrected chi connectivity index (χ3v) is 3.56. The lowest BCUT2D eigenvalue weighted by Crippen LogP contribution is -2.07. The van der Waals surface area contributed by atoms with Crippen LogP contribution in [-0.2, 0) is 0 Å². The number of Topliss-reactive ketones (excluding diaryl/α,β-unsaturated/α-hetero) is 1. The van der Waals surface area contributed by atoms with Gasteiger partial charge in [-0.25, -0.2) is 0 Å². The van der Waals surface area contributed by atoms with Crippen molar-refractivity contribution in [1.29, 1.82) is 0 Å². The molecule has 0 spiro atoms. The van der Waals surface area contributed by atoms with Gasteiger partial charge in [0.2, 0.25) is 0 Å². The molecule has 0 bridgehead atoms. The average molecular weight is 260 g/mol. The van der Waals surface area contributed by atoms with Crippen molar-refractivity contribution >= 4 is 28.5 Å². The van der Waals surface area contributed by atoms with Gasteiger partial charge in [-0.15, -0.1) is 0 Å². The third-order valence-electron chi connectivity index (χ3n) is 2.86. The second kappa shape index (κ2) is 5.23. The molecule has 94 valence electrons. The van der Waals surface area contributed by atoms with Gasteiger partial charge in [-0.1, -0.05) is 0 Å². The van der Waals surface area contributed by atoms with Crippen molar-refractivity contribution < 1.29 is 4.79 Å². The van der Waals surface area contributed by atoms with E-state index in [-0.39, 0.29) is 11.8 Å². The van der Waals surface area contributed by atoms with Crippen LogP contribution < -0.4 is 11.1 Å². The molecule has 1 heterocycles. The monoisotopic (exact) mass is 260 g/mol. The standard InChI is InChI=1S/C14H16N2OS/c1-9(11-5-6-18-8-11)16-12-3-4-14(15)13(7-12)10(2)17/h3-9,16H,15H2,1-2H3. The fourth-order valence-corrected chi connectivity index (χ4v) is 2.56. The smallest absolute Gasteiger partial charge is 0.161 e. The summed E-state index contributed by atoms with van der Waals surface area (Å²) in [6, 6.07) is 7.76. The summed E-state index contributed by atoms with van der Waals surface area (Å²) in [5.41, 5.74) is 9.01. The molecule has 1 atom stereocenters. The molecule has 0 amide bonds. The SMILES string of the molecule is CC(=O)c1cc(NC(C)c2ccsc2)ccc1N. The third kappa shape index (κ3) is 2.71. The molecule has 0 aliphatic rings. The van der Waals surface area contributed by atoms with Gasteiger partial charge in [0.1, 0.15) is 0 Å². The second-order valence-corrected chi connectivity index (χ2v) is 5.06. The first kappa shape index (κ1) is 12.6. The molecule has 1 unspecified atom stereocenters. The van der Waals surface area contributed by atoms with Gasteiger partial charge in [-0.3, -0.25) is 4.79 Å². The molecule has 0 aliphatic carbocycles. The molecular weight excluding hydrogens is 244 g/mol. The van der Waals surface area contributed by atoms with E-state index in [1.165, 1.54) is 12.5 Å². The zero-order valence-electron chi connectivity index (χ0n) is 10.4. The van der Waals surface area contributed by atoms with Crippen LogP contribution in [0.15, 0.2) is 35.0 Å². The van der Waals surface area contributed by atoms with E-state index < -0.39 is 0 Å². The number of anilines is 2. The molecule has 4 heteroatoms. The highest BCUT2D eigenvalue weighted by Crippen LogP contribution is 2.24. The molecule has 0 fully saturated rings. The van der Waals surface area contributed by atoms with E-state index in [0.29, 0.717) is 11.3 Å². The number of nitrogens with one attached hydrogen (secondary N) is 1. The molecular formula is C14H16N2OS. The zero-order chi connectivity index (χ0) is 13.1. The number of carbonyl (C=O) groups excluding carboxylic acids is 1. The summed E-state index contributed by atoms with van der Waals surface area (Å²) in [6.07, 6.45) is 0. The molecule has 2 aromatic rings. The summed E-state index contributed by atoms with van der Waals surface area (Å²) >= 11 is 1.67. The van der Waals surface area contributed by atoms with Crippen molar-refractivity contribution in [2.75, 3.05) is 11.1 Å². The van der Waals surface area contributed by atoms with Crippen LogP contribution in [-0.4, -0.2) is 5.78 Å². The Morgan fingerprint density at radius 3 is 2.78 bits per heavy atom. The van der Waals surface area contributed by atoms with Gasteiger partial charge in [-0.05, 0) is 54.4 Å². The summed E-state index contributed by atoms with van der Waals surface area (Å²) < 4.78 is 0. The van der Waals surface area contributed by atoms with Crippen molar-refractivity contribution in [2.45, 2.75) is 19.9 Å². The normalized spacial score (nSPS) is 12.1. The van der Waals surface area contributed by atoms with Gasteiger partial charge in [0.15, 0.2) is 5.78 Å². The number of carbonyl (C=O) groups is 1. The first-order valence-corrected chi connectivity index (χ1v) is 6.71. The van der Waals surface area contributed by atoms with Gasteiger partial charge in [0, 0.05) is 23.0 Å². The van der Waals surface area contributed by atoms with Gasteiger partial charge >= 0.3 is 0 Å². The van der Waals surface area contributed by atoms with E-state index >= 15 is 0 Å². The van der Waals surface area contributed by atoms with Gasteiger partial charge in [0.05, 0.1) is 0 Å². The molecule has 1 aromatic carbocycles. The number of ketones is 1. The van der Waals surface area contributed by atoms with E-state index in [0.717, 1.165) is 5.69 Å². The molecule has 0 saturated carbocycles. The highest BCUT2D eigenvalue weighted by atomic mass is 32.1. The van der Waals surface area contributed by atoms with Crippen LogP contribution in [0.1, 0.15) is 35.8 Å². The van der Waals surface area contributed by atoms with Crippen molar-refractivity contribution in [2.24, 2.45) is 0 Å². The summed E-state index contributed by atoms with van der Waals surface area (Å²) in [5, 5.41) is 7.53. The topological polar surface area (TPSA) is 55.1 Å². The minimum Gasteiger partial charge on any atom is -0.398 e. The van der Waals surface area contributed by atoms with Gasteiger partial charge < -0.3 is 11.1 Å². The lowest BCUT2D eigenvalue weighted by Gasteiger charge is -2.15. The number of hydrogen-bond acceptors (Lipinski definition) is 4. The van der Waals surface area contributed by atoms with E-state index in [9.17, 15) is 4.79 Å². The molecule has 18 heavy (non-hydrogen) atoms. The van der Waals surface area contributed by atoms with Crippen LogP contribution in [0.2, 0.25) is 0 Å². The maximum atomic E-state index is 11.4. The Morgan fingerprint density at radius 2 is 2.17 bits per heavy atom. The van der Waals surface area contributed by atoms with Crippen LogP contribution >= 0.6 is 11.3 Å². The fraction of sp³-hybridized carbons (Fsp3) is 0.214. The zero-order valence-corrected chi connectivity index (χ0v) is 11.3. The molecule has 2 rings (SSSR count). The van der Waals surface area contributed by atoms with E-state index in [2.05, 4.69) is 29.1 Å². The van der Waals surface area contributed by atoms with Crippen molar-refractivity contribution in [3.63, 3.8) is 0 Å². The summed E-state index contributed by atoms with van der Waals surface area (Å²) in [7, 11) is 0. The maximum Gasteiger partial charge on any atom is 0.161 e. The Balaban J connectivity index is 2.20. The summed E-state index contributed by atoms with van der Waals surface area (Å²) in [6.45, 7) is 3.61. The van der Waals surface area contributed by atoms with E-state index in [1.54, 1.807) is 23.5 Å². The first-order chi connectivity index (χ1) is 8.58. The fourth-order valence-electron chi connectivity index (χ4n) is 1.81. The summed E-state index contributed by atoms with van der Waals surface area (Å²) in [4.78, 5) is 11.4. The Kier molecular flexibility index (Phi) is 3.67. The van der Waals surface area contributed by atoms with E-state index in [4.69, 9.17) is 5.73 Å². The van der Waals surface area contributed by atoms with Gasteiger partial charge in [-0.2, -0.15) is 11.3 Å². The summed E-state index contributed by atoms with van der Waals surface area (Å²) in [5.74, 6) is -0.0145. The van der Waals surface area contributed by atoms with Crippen molar-refractivity contribution in [3.8, 4) is 0 Å². The predicted molar refractivity (Wildman–Crippen MR) is 77.2 cm³/mol. The largest absolute Gasteiger partial charge is 0.398 e. The van der Waals surface area contributed by atoms with Gasteiger partial charge in [0.25, 0.3) is 0 Å². The number of rotatable bonds is 4. The minimum atomic E-state index is -0.0145. The molecule has 0 aliphatic heterocycles. The van der Waals surface area contributed by atoms with Crippen LogP contribution in [0.4, 0.5) is 11.4 Å². The number of thiophene rings is 1. The van der Waals surface area contributed by atoms with Crippen molar-refractivity contribution in [1.82, 2.24) is 0 Å². The number of benzene rings is 1. The van der Waals surface area contributed by atoms with Crippen LogP contribution in [0.25, 0.3) is 0 Å². The second-order valence-electron chi connectivity index (χ2n) is 4.28. The maximum absolute atomic E-state index is 11.4. The highest BCUT2D eigenvalue weighted by Gasteiger charge is 2.09. The molecule has 3 N–H and O–H groups in total. The van der Waals surface area contributed by atoms with Crippen LogP contribution in [0.5, 0.6) is 0 Å². The molecule has 0 radical (unpaired) electrons. The molecule has 1 aromatic heterocycles. The Hall–Kier alpha value is -1.81. The molecule has 0 saturated heterocycles. The minimum absolute atomic E-state index is 0.0145. The highest BCUT2D eigenvalue weighted by molar-refractivity contribution is 7.07. The number of hydrogen-bond donors (Lipinski definition) is 2. The van der Waals surface area contributed by atoms with Crippen LogP contribution in [0.3, 0.4) is 0 Å².